The predicted molar refractivity (Wildman–Crippen MR) is 51.7 cm³/mol. The molecule has 2 heterocycles. The number of aliphatic hydroxyl groups excluding tert-OH is 1. The molecular formula is C10H18O5. The van der Waals surface area contributed by atoms with Crippen LogP contribution in [0.5, 0.6) is 0 Å². The fourth-order valence-electron chi connectivity index (χ4n) is 1.18. The molecule has 0 aromatic rings. The lowest BCUT2D eigenvalue weighted by molar-refractivity contribution is 0.00785. The van der Waals surface area contributed by atoms with E-state index in [0.29, 0.717) is 39.0 Å². The number of rotatable bonds is 9. The number of hydrogen-bond acceptors (Lipinski definition) is 5. The van der Waals surface area contributed by atoms with Crippen molar-refractivity contribution in [3.05, 3.63) is 0 Å². The first-order valence-electron chi connectivity index (χ1n) is 5.41. The van der Waals surface area contributed by atoms with Gasteiger partial charge < -0.3 is 24.1 Å². The van der Waals surface area contributed by atoms with Crippen LogP contribution in [-0.2, 0) is 18.9 Å². The van der Waals surface area contributed by atoms with Crippen LogP contribution in [-0.4, -0.2) is 63.1 Å². The molecule has 2 saturated heterocycles. The molecule has 3 unspecified atom stereocenters. The van der Waals surface area contributed by atoms with Crippen LogP contribution in [0.15, 0.2) is 0 Å². The Hall–Kier alpha value is -0.200. The van der Waals surface area contributed by atoms with Gasteiger partial charge in [-0.15, -0.1) is 0 Å². The number of hydrogen-bond donors (Lipinski definition) is 1. The summed E-state index contributed by atoms with van der Waals surface area (Å²) in [6, 6.07) is 0. The Morgan fingerprint density at radius 1 is 1.13 bits per heavy atom. The molecule has 2 aliphatic heterocycles. The Kier molecular flexibility index (Phi) is 4.34. The minimum absolute atomic E-state index is 0.264. The van der Waals surface area contributed by atoms with E-state index in [4.69, 9.17) is 18.9 Å². The molecule has 2 rings (SSSR count). The molecule has 3 atom stereocenters. The topological polar surface area (TPSA) is 63.8 Å². The normalized spacial score (nSPS) is 30.2. The Morgan fingerprint density at radius 3 is 2.33 bits per heavy atom. The van der Waals surface area contributed by atoms with Gasteiger partial charge in [0.25, 0.3) is 0 Å². The largest absolute Gasteiger partial charge is 0.391 e. The molecule has 0 radical (unpaired) electrons. The van der Waals surface area contributed by atoms with Crippen LogP contribution in [0, 0.1) is 0 Å². The van der Waals surface area contributed by atoms with Gasteiger partial charge in [-0.25, -0.2) is 0 Å². The third kappa shape index (κ3) is 5.44. The van der Waals surface area contributed by atoms with Crippen LogP contribution >= 0.6 is 0 Å². The van der Waals surface area contributed by atoms with Crippen LogP contribution < -0.4 is 0 Å². The zero-order chi connectivity index (χ0) is 10.5. The van der Waals surface area contributed by atoms with Crippen molar-refractivity contribution in [3.63, 3.8) is 0 Å². The van der Waals surface area contributed by atoms with Gasteiger partial charge in [-0.05, 0) is 6.42 Å². The predicted octanol–water partition coefficient (Wildman–Crippen LogP) is -0.432. The van der Waals surface area contributed by atoms with E-state index >= 15 is 0 Å². The van der Waals surface area contributed by atoms with E-state index in [1.165, 1.54) is 0 Å². The highest BCUT2D eigenvalue weighted by Gasteiger charge is 2.23. The van der Waals surface area contributed by atoms with Crippen LogP contribution in [0.4, 0.5) is 0 Å². The number of ether oxygens (including phenoxy) is 4. The summed E-state index contributed by atoms with van der Waals surface area (Å²) in [5.74, 6) is 0. The minimum atomic E-state index is -0.441. The van der Waals surface area contributed by atoms with E-state index in [9.17, 15) is 5.11 Å². The molecule has 5 heteroatoms. The molecule has 0 aromatic heterocycles. The maximum Gasteiger partial charge on any atom is 0.104 e. The van der Waals surface area contributed by atoms with Crippen molar-refractivity contribution < 1.29 is 24.1 Å². The SMILES string of the molecule is OC(CCOCC1CO1)COCC1CO1. The lowest BCUT2D eigenvalue weighted by atomic mass is 10.3. The molecule has 0 saturated carbocycles. The first kappa shape index (κ1) is 11.3. The van der Waals surface area contributed by atoms with Crippen LogP contribution in [0.2, 0.25) is 0 Å². The minimum Gasteiger partial charge on any atom is -0.391 e. The molecule has 2 aliphatic rings. The van der Waals surface area contributed by atoms with E-state index in [0.717, 1.165) is 13.2 Å². The van der Waals surface area contributed by atoms with Crippen LogP contribution in [0.1, 0.15) is 6.42 Å². The fourth-order valence-corrected chi connectivity index (χ4v) is 1.18. The van der Waals surface area contributed by atoms with Crippen molar-refractivity contribution in [2.24, 2.45) is 0 Å². The molecule has 88 valence electrons. The Labute approximate surface area is 89.3 Å². The summed E-state index contributed by atoms with van der Waals surface area (Å²) < 4.78 is 20.5. The van der Waals surface area contributed by atoms with Crippen molar-refractivity contribution in [3.8, 4) is 0 Å². The van der Waals surface area contributed by atoms with Crippen molar-refractivity contribution >= 4 is 0 Å². The second-order valence-electron chi connectivity index (χ2n) is 3.97. The molecular weight excluding hydrogens is 200 g/mol. The fraction of sp³-hybridized carbons (Fsp3) is 1.00. The van der Waals surface area contributed by atoms with Gasteiger partial charge in [0.15, 0.2) is 0 Å². The molecule has 1 N–H and O–H groups in total. The van der Waals surface area contributed by atoms with E-state index in [-0.39, 0.29) is 6.10 Å². The summed E-state index contributed by atoms with van der Waals surface area (Å²) in [5.41, 5.74) is 0. The third-order valence-electron chi connectivity index (χ3n) is 2.32. The summed E-state index contributed by atoms with van der Waals surface area (Å²) in [6.07, 6.45) is 0.730. The summed E-state index contributed by atoms with van der Waals surface area (Å²) in [6.45, 7) is 3.76. The first-order chi connectivity index (χ1) is 7.34. The second kappa shape index (κ2) is 5.77. The zero-order valence-electron chi connectivity index (χ0n) is 8.76. The lowest BCUT2D eigenvalue weighted by Crippen LogP contribution is -2.19. The van der Waals surface area contributed by atoms with Crippen molar-refractivity contribution in [1.29, 1.82) is 0 Å². The lowest BCUT2D eigenvalue weighted by Gasteiger charge is -2.10. The molecule has 0 aromatic carbocycles. The Balaban J connectivity index is 1.35. The van der Waals surface area contributed by atoms with Gasteiger partial charge in [0.05, 0.1) is 39.1 Å². The van der Waals surface area contributed by atoms with Gasteiger partial charge in [0, 0.05) is 6.61 Å². The van der Waals surface area contributed by atoms with Crippen molar-refractivity contribution in [1.82, 2.24) is 0 Å². The summed E-state index contributed by atoms with van der Waals surface area (Å²) in [5, 5.41) is 9.49. The maximum absolute atomic E-state index is 9.49. The summed E-state index contributed by atoms with van der Waals surface area (Å²) in [7, 11) is 0. The van der Waals surface area contributed by atoms with E-state index in [1.807, 2.05) is 0 Å². The first-order valence-corrected chi connectivity index (χ1v) is 5.41. The molecule has 15 heavy (non-hydrogen) atoms. The second-order valence-corrected chi connectivity index (χ2v) is 3.97. The highest BCUT2D eigenvalue weighted by Crippen LogP contribution is 2.10. The number of epoxide rings is 2. The van der Waals surface area contributed by atoms with Gasteiger partial charge in [0.2, 0.25) is 0 Å². The maximum atomic E-state index is 9.49. The van der Waals surface area contributed by atoms with Gasteiger partial charge >= 0.3 is 0 Å². The van der Waals surface area contributed by atoms with Crippen molar-refractivity contribution in [2.45, 2.75) is 24.7 Å². The van der Waals surface area contributed by atoms with E-state index in [1.54, 1.807) is 0 Å². The summed E-state index contributed by atoms with van der Waals surface area (Å²) >= 11 is 0. The van der Waals surface area contributed by atoms with Gasteiger partial charge in [-0.2, -0.15) is 0 Å². The van der Waals surface area contributed by atoms with E-state index < -0.39 is 6.10 Å². The van der Waals surface area contributed by atoms with Gasteiger partial charge in [-0.1, -0.05) is 0 Å². The van der Waals surface area contributed by atoms with Gasteiger partial charge in [-0.3, -0.25) is 0 Å². The highest BCUT2D eigenvalue weighted by molar-refractivity contribution is 4.68. The average Bonchev–Trinajstić information content (AvgIpc) is 3.06. The average molecular weight is 218 g/mol. The molecule has 5 nitrogen and oxygen atoms in total. The van der Waals surface area contributed by atoms with Crippen LogP contribution in [0.25, 0.3) is 0 Å². The quantitative estimate of drug-likeness (QED) is 0.420. The molecule has 0 spiro atoms. The monoisotopic (exact) mass is 218 g/mol. The Bertz CT molecular complexity index is 179. The van der Waals surface area contributed by atoms with Crippen LogP contribution in [0.3, 0.4) is 0 Å². The smallest absolute Gasteiger partial charge is 0.104 e. The molecule has 0 amide bonds. The summed E-state index contributed by atoms with van der Waals surface area (Å²) in [4.78, 5) is 0. The van der Waals surface area contributed by atoms with Crippen molar-refractivity contribution in [2.75, 3.05) is 39.6 Å². The van der Waals surface area contributed by atoms with Gasteiger partial charge in [0.1, 0.15) is 12.2 Å². The molecule has 0 bridgehead atoms. The highest BCUT2D eigenvalue weighted by atomic mass is 16.6. The van der Waals surface area contributed by atoms with E-state index in [2.05, 4.69) is 0 Å². The third-order valence-corrected chi connectivity index (χ3v) is 2.32. The Morgan fingerprint density at radius 2 is 1.73 bits per heavy atom. The molecule has 0 aliphatic carbocycles. The molecule has 2 fully saturated rings. The number of aliphatic hydroxyl groups is 1. The zero-order valence-corrected chi connectivity index (χ0v) is 8.76. The standard InChI is InChI=1S/C10H18O5/c11-8(3-13-5-10-7-15-10)1-2-12-4-9-6-14-9/h8-11H,1-7H2.